The van der Waals surface area contributed by atoms with Crippen LogP contribution in [0.15, 0.2) is 112 Å². The number of carbonyl (C=O) groups is 1. The maximum absolute atomic E-state index is 13.8. The van der Waals surface area contributed by atoms with Crippen LogP contribution >= 0.6 is 22.9 Å². The zero-order valence-electron chi connectivity index (χ0n) is 23.0. The van der Waals surface area contributed by atoms with Crippen LogP contribution in [0.1, 0.15) is 36.6 Å². The Bertz CT molecular complexity index is 2020. The summed E-state index contributed by atoms with van der Waals surface area (Å²) < 4.78 is 13.5. The lowest BCUT2D eigenvalue weighted by molar-refractivity contribution is -0.139. The fourth-order valence-electron chi connectivity index (χ4n) is 5.17. The Labute approximate surface area is 251 Å². The third kappa shape index (κ3) is 5.29. The van der Waals surface area contributed by atoms with Gasteiger partial charge in [0.15, 0.2) is 4.80 Å². The van der Waals surface area contributed by atoms with Crippen molar-refractivity contribution in [2.45, 2.75) is 26.5 Å². The van der Waals surface area contributed by atoms with Gasteiger partial charge in [0.25, 0.3) is 5.56 Å². The van der Waals surface area contributed by atoms with Gasteiger partial charge in [-0.05, 0) is 65.6 Å². The van der Waals surface area contributed by atoms with Crippen molar-refractivity contribution in [3.63, 3.8) is 0 Å². The second kappa shape index (κ2) is 11.8. The van der Waals surface area contributed by atoms with E-state index in [-0.39, 0.29) is 12.2 Å². The van der Waals surface area contributed by atoms with Crippen molar-refractivity contribution in [2.75, 3.05) is 6.61 Å². The highest BCUT2D eigenvalue weighted by Crippen LogP contribution is 2.34. The average molecular weight is 595 g/mol. The number of nitrogens with zero attached hydrogens (tertiary/aromatic N) is 2. The molecule has 42 heavy (non-hydrogen) atoms. The first kappa shape index (κ1) is 27.7. The van der Waals surface area contributed by atoms with E-state index in [9.17, 15) is 9.59 Å². The molecule has 0 amide bonds. The lowest BCUT2D eigenvalue weighted by atomic mass is 9.96. The largest absolute Gasteiger partial charge is 0.489 e. The lowest BCUT2D eigenvalue weighted by Gasteiger charge is -2.25. The van der Waals surface area contributed by atoms with Crippen LogP contribution < -0.4 is 19.6 Å². The molecular formula is C34H27ClN2O4S. The van der Waals surface area contributed by atoms with E-state index in [0.29, 0.717) is 37.8 Å². The van der Waals surface area contributed by atoms with Crippen molar-refractivity contribution in [2.24, 2.45) is 4.99 Å². The van der Waals surface area contributed by atoms with E-state index in [2.05, 4.69) is 29.3 Å². The monoisotopic (exact) mass is 594 g/mol. The Kier molecular flexibility index (Phi) is 7.78. The highest BCUT2D eigenvalue weighted by molar-refractivity contribution is 7.07. The number of carbonyl (C=O) groups excluding carboxylic acids is 1. The fraction of sp³-hybridized carbons (Fsp3) is 0.147. The van der Waals surface area contributed by atoms with Gasteiger partial charge in [0.2, 0.25) is 0 Å². The van der Waals surface area contributed by atoms with Crippen LogP contribution in [0.3, 0.4) is 0 Å². The number of thiazole rings is 1. The summed E-state index contributed by atoms with van der Waals surface area (Å²) in [5.41, 5.74) is 3.14. The standard InChI is InChI=1S/C34H27ClN2O4S/c1-3-40-33(39)30-21(2)36-34-37(31(30)27-13-6-7-14-28(27)35)32(38)29(42-34)19-22-15-17-25(18-16-22)41-20-24-11-8-10-23-9-4-5-12-26(23)24/h4-19,31H,3,20H2,1-2H3/b29-19-/t31-/m1/s1. The molecule has 8 heteroatoms. The molecule has 1 aliphatic rings. The summed E-state index contributed by atoms with van der Waals surface area (Å²) in [6, 6.07) is 28.5. The molecule has 0 fully saturated rings. The minimum absolute atomic E-state index is 0.205. The Morgan fingerprint density at radius 2 is 1.74 bits per heavy atom. The van der Waals surface area contributed by atoms with Gasteiger partial charge in [-0.15, -0.1) is 0 Å². The van der Waals surface area contributed by atoms with Gasteiger partial charge < -0.3 is 9.47 Å². The van der Waals surface area contributed by atoms with Crippen LogP contribution in [0.25, 0.3) is 16.8 Å². The van der Waals surface area contributed by atoms with E-state index < -0.39 is 12.0 Å². The highest BCUT2D eigenvalue weighted by Gasteiger charge is 2.34. The quantitative estimate of drug-likeness (QED) is 0.211. The van der Waals surface area contributed by atoms with Gasteiger partial charge >= 0.3 is 5.97 Å². The maximum atomic E-state index is 13.8. The van der Waals surface area contributed by atoms with E-state index >= 15 is 0 Å². The summed E-state index contributed by atoms with van der Waals surface area (Å²) in [5.74, 6) is 0.215. The molecule has 0 N–H and O–H groups in total. The molecule has 210 valence electrons. The predicted octanol–water partition coefficient (Wildman–Crippen LogP) is 6.18. The average Bonchev–Trinajstić information content (AvgIpc) is 3.30. The van der Waals surface area contributed by atoms with Crippen molar-refractivity contribution >= 4 is 45.8 Å². The molecule has 0 aliphatic carbocycles. The second-order valence-corrected chi connectivity index (χ2v) is 11.2. The predicted molar refractivity (Wildman–Crippen MR) is 167 cm³/mol. The highest BCUT2D eigenvalue weighted by atomic mass is 35.5. The molecule has 1 aliphatic heterocycles. The van der Waals surface area contributed by atoms with Crippen LogP contribution in [0.4, 0.5) is 0 Å². The Morgan fingerprint density at radius 3 is 2.52 bits per heavy atom. The molecule has 1 atom stereocenters. The number of halogens is 1. The molecule has 0 saturated heterocycles. The normalized spacial score (nSPS) is 14.9. The summed E-state index contributed by atoms with van der Waals surface area (Å²) in [4.78, 5) is 32.0. The summed E-state index contributed by atoms with van der Waals surface area (Å²) in [6.07, 6.45) is 1.82. The lowest BCUT2D eigenvalue weighted by Crippen LogP contribution is -2.40. The number of hydrogen-bond acceptors (Lipinski definition) is 6. The Hall–Kier alpha value is -4.46. The molecule has 0 spiro atoms. The topological polar surface area (TPSA) is 69.9 Å². The molecule has 0 radical (unpaired) electrons. The Balaban J connectivity index is 1.32. The van der Waals surface area contributed by atoms with Crippen molar-refractivity contribution in [3.05, 3.63) is 144 Å². The van der Waals surface area contributed by atoms with Gasteiger partial charge in [-0.2, -0.15) is 0 Å². The minimum atomic E-state index is -0.749. The van der Waals surface area contributed by atoms with Gasteiger partial charge in [0, 0.05) is 5.02 Å². The number of esters is 1. The smallest absolute Gasteiger partial charge is 0.338 e. The fourth-order valence-corrected chi connectivity index (χ4v) is 6.46. The third-order valence-corrected chi connectivity index (χ3v) is 8.50. The molecule has 0 saturated carbocycles. The van der Waals surface area contributed by atoms with Crippen LogP contribution in [0.2, 0.25) is 5.02 Å². The van der Waals surface area contributed by atoms with E-state index in [0.717, 1.165) is 16.9 Å². The molecule has 5 aromatic rings. The number of rotatable bonds is 7. The zero-order valence-corrected chi connectivity index (χ0v) is 24.6. The number of fused-ring (bicyclic) bond motifs is 2. The van der Waals surface area contributed by atoms with Crippen molar-refractivity contribution < 1.29 is 14.3 Å². The van der Waals surface area contributed by atoms with Crippen molar-refractivity contribution in [1.82, 2.24) is 4.57 Å². The van der Waals surface area contributed by atoms with E-state index in [1.807, 2.05) is 66.7 Å². The van der Waals surface area contributed by atoms with Gasteiger partial charge in [0.1, 0.15) is 18.4 Å². The minimum Gasteiger partial charge on any atom is -0.489 e. The van der Waals surface area contributed by atoms with Gasteiger partial charge in [-0.1, -0.05) is 95.7 Å². The first-order valence-corrected chi connectivity index (χ1v) is 14.8. The number of ether oxygens (including phenoxy) is 2. The van der Waals surface area contributed by atoms with Gasteiger partial charge in [0.05, 0.1) is 22.4 Å². The molecule has 0 bridgehead atoms. The van der Waals surface area contributed by atoms with Crippen LogP contribution in [0.5, 0.6) is 5.75 Å². The molecule has 1 aromatic heterocycles. The van der Waals surface area contributed by atoms with Crippen molar-refractivity contribution in [1.29, 1.82) is 0 Å². The molecule has 6 rings (SSSR count). The summed E-state index contributed by atoms with van der Waals surface area (Å²) in [5, 5.41) is 2.80. The number of hydrogen-bond donors (Lipinski definition) is 0. The van der Waals surface area contributed by atoms with Crippen LogP contribution in [0, 0.1) is 0 Å². The maximum Gasteiger partial charge on any atom is 0.338 e. The molecule has 2 heterocycles. The van der Waals surface area contributed by atoms with Gasteiger partial charge in [-0.3, -0.25) is 9.36 Å². The second-order valence-electron chi connectivity index (χ2n) is 9.82. The zero-order chi connectivity index (χ0) is 29.2. The van der Waals surface area contributed by atoms with E-state index in [1.54, 1.807) is 24.5 Å². The summed E-state index contributed by atoms with van der Waals surface area (Å²) in [6.45, 7) is 4.15. The SMILES string of the molecule is CCOC(=O)C1=C(C)N=c2s/c(=C\c3ccc(OCc4cccc5ccccc45)cc3)c(=O)n2[C@@H]1c1ccccc1Cl. The van der Waals surface area contributed by atoms with Crippen molar-refractivity contribution in [3.8, 4) is 5.75 Å². The summed E-state index contributed by atoms with van der Waals surface area (Å²) >= 11 is 7.85. The third-order valence-electron chi connectivity index (χ3n) is 7.17. The Morgan fingerprint density at radius 1 is 1.00 bits per heavy atom. The molecular weight excluding hydrogens is 568 g/mol. The molecule has 0 unspecified atom stereocenters. The first-order valence-electron chi connectivity index (χ1n) is 13.6. The van der Waals surface area contributed by atoms with Crippen LogP contribution in [-0.4, -0.2) is 17.1 Å². The van der Waals surface area contributed by atoms with E-state index in [1.165, 1.54) is 22.1 Å². The number of allylic oxidation sites excluding steroid dienone is 1. The number of benzene rings is 4. The van der Waals surface area contributed by atoms with E-state index in [4.69, 9.17) is 21.1 Å². The first-order chi connectivity index (χ1) is 20.4. The molecule has 6 nitrogen and oxygen atoms in total. The van der Waals surface area contributed by atoms with Gasteiger partial charge in [-0.25, -0.2) is 9.79 Å². The number of aromatic nitrogens is 1. The summed E-state index contributed by atoms with van der Waals surface area (Å²) in [7, 11) is 0. The molecule has 4 aromatic carbocycles. The van der Waals surface area contributed by atoms with Crippen LogP contribution in [-0.2, 0) is 16.1 Å².